The van der Waals surface area contributed by atoms with Crippen molar-refractivity contribution >= 4 is 12.0 Å². The van der Waals surface area contributed by atoms with E-state index < -0.39 is 4.92 Å². The van der Waals surface area contributed by atoms with Crippen LogP contribution in [0.5, 0.6) is 11.5 Å². The normalized spacial score (nSPS) is 9.95. The van der Waals surface area contributed by atoms with Gasteiger partial charge in [0.15, 0.2) is 6.29 Å². The van der Waals surface area contributed by atoms with Gasteiger partial charge >= 0.3 is 0 Å². The van der Waals surface area contributed by atoms with Crippen LogP contribution in [-0.2, 0) is 6.61 Å². The number of benzene rings is 2. The summed E-state index contributed by atoms with van der Waals surface area (Å²) in [5.41, 5.74) is 1.26. The Hall–Kier alpha value is -2.89. The Kier molecular flexibility index (Phi) is 4.50. The molecule has 0 aliphatic rings. The lowest BCUT2D eigenvalue weighted by Crippen LogP contribution is -1.98. The highest BCUT2D eigenvalue weighted by Gasteiger charge is 2.06. The lowest BCUT2D eigenvalue weighted by atomic mass is 10.1. The molecule has 2 aromatic carbocycles. The maximum absolute atomic E-state index is 10.9. The van der Waals surface area contributed by atoms with Gasteiger partial charge in [-0.15, -0.1) is 0 Å². The molecule has 0 radical (unpaired) electrons. The highest BCUT2D eigenvalue weighted by Crippen LogP contribution is 2.21. The number of nitro benzene ring substituents is 1. The molecule has 0 aliphatic carbocycles. The summed E-state index contributed by atoms with van der Waals surface area (Å²) in [6.07, 6.45) is 0.716. The number of hydrogen-bond acceptors (Lipinski definition) is 5. The molecule has 0 atom stereocenters. The van der Waals surface area contributed by atoms with Gasteiger partial charge in [0, 0.05) is 12.1 Å². The van der Waals surface area contributed by atoms with E-state index in [-0.39, 0.29) is 12.3 Å². The highest BCUT2D eigenvalue weighted by atomic mass is 16.6. The summed E-state index contributed by atoms with van der Waals surface area (Å²) in [7, 11) is 1.50. The zero-order chi connectivity index (χ0) is 15.2. The lowest BCUT2D eigenvalue weighted by molar-refractivity contribution is -0.384. The Labute approximate surface area is 121 Å². The van der Waals surface area contributed by atoms with Crippen LogP contribution in [0, 0.1) is 10.1 Å². The van der Waals surface area contributed by atoms with Gasteiger partial charge in [0.05, 0.1) is 17.6 Å². The third kappa shape index (κ3) is 3.56. The number of nitrogens with zero attached hydrogens (tertiary/aromatic N) is 1. The Morgan fingerprint density at radius 3 is 2.48 bits per heavy atom. The molecule has 2 rings (SSSR count). The monoisotopic (exact) mass is 287 g/mol. The molecule has 0 saturated carbocycles. The lowest BCUT2D eigenvalue weighted by Gasteiger charge is -2.08. The largest absolute Gasteiger partial charge is 0.496 e. The minimum Gasteiger partial charge on any atom is -0.496 e. The van der Waals surface area contributed by atoms with Crippen LogP contribution < -0.4 is 9.47 Å². The number of aldehydes is 1. The molecule has 0 spiro atoms. The van der Waals surface area contributed by atoms with E-state index in [1.807, 2.05) is 0 Å². The SMILES string of the molecule is COc1ccc(COc2ccc([N+](=O)[O-])cc2)cc1C=O. The minimum atomic E-state index is -0.469. The third-order valence-electron chi connectivity index (χ3n) is 2.87. The summed E-state index contributed by atoms with van der Waals surface area (Å²) in [6, 6.07) is 11.0. The van der Waals surface area contributed by atoms with Crippen LogP contribution in [0.15, 0.2) is 42.5 Å². The maximum atomic E-state index is 10.9. The number of ether oxygens (including phenoxy) is 2. The first kappa shape index (κ1) is 14.5. The molecule has 6 nitrogen and oxygen atoms in total. The van der Waals surface area contributed by atoms with Crippen LogP contribution in [0.1, 0.15) is 15.9 Å². The van der Waals surface area contributed by atoms with Crippen molar-refractivity contribution in [1.29, 1.82) is 0 Å². The molecule has 21 heavy (non-hydrogen) atoms. The van der Waals surface area contributed by atoms with Crippen LogP contribution in [0.2, 0.25) is 0 Å². The van der Waals surface area contributed by atoms with E-state index in [1.54, 1.807) is 18.2 Å². The van der Waals surface area contributed by atoms with Crippen molar-refractivity contribution in [1.82, 2.24) is 0 Å². The number of methoxy groups -OCH3 is 1. The molecule has 0 bridgehead atoms. The van der Waals surface area contributed by atoms with E-state index in [0.717, 1.165) is 5.56 Å². The van der Waals surface area contributed by atoms with Crippen molar-refractivity contribution < 1.29 is 19.2 Å². The second kappa shape index (κ2) is 6.51. The summed E-state index contributed by atoms with van der Waals surface area (Å²) in [5, 5.41) is 10.5. The molecule has 6 heteroatoms. The van der Waals surface area contributed by atoms with E-state index in [0.29, 0.717) is 23.3 Å². The summed E-state index contributed by atoms with van der Waals surface area (Å²) in [6.45, 7) is 0.253. The third-order valence-corrected chi connectivity index (χ3v) is 2.87. The summed E-state index contributed by atoms with van der Waals surface area (Å²) in [4.78, 5) is 21.0. The van der Waals surface area contributed by atoms with Gasteiger partial charge in [0.25, 0.3) is 5.69 Å². The summed E-state index contributed by atoms with van der Waals surface area (Å²) >= 11 is 0. The summed E-state index contributed by atoms with van der Waals surface area (Å²) in [5.74, 6) is 1.02. The Morgan fingerprint density at radius 1 is 1.19 bits per heavy atom. The Balaban J connectivity index is 2.05. The van der Waals surface area contributed by atoms with E-state index >= 15 is 0 Å². The van der Waals surface area contributed by atoms with Gasteiger partial charge in [-0.2, -0.15) is 0 Å². The maximum Gasteiger partial charge on any atom is 0.269 e. The van der Waals surface area contributed by atoms with Gasteiger partial charge in [-0.3, -0.25) is 14.9 Å². The molecular weight excluding hydrogens is 274 g/mol. The highest BCUT2D eigenvalue weighted by molar-refractivity contribution is 5.79. The number of non-ortho nitro benzene ring substituents is 1. The number of carbonyl (C=O) groups excluding carboxylic acids is 1. The molecule has 0 unspecified atom stereocenters. The Bertz CT molecular complexity index is 652. The second-order valence-electron chi connectivity index (χ2n) is 4.23. The number of carbonyl (C=O) groups is 1. The predicted molar refractivity (Wildman–Crippen MR) is 75.8 cm³/mol. The fourth-order valence-electron chi connectivity index (χ4n) is 1.80. The number of nitro groups is 1. The van der Waals surface area contributed by atoms with Crippen LogP contribution in [0.25, 0.3) is 0 Å². The van der Waals surface area contributed by atoms with Crippen molar-refractivity contribution in [2.45, 2.75) is 6.61 Å². The zero-order valence-electron chi connectivity index (χ0n) is 11.3. The van der Waals surface area contributed by atoms with Gasteiger partial charge in [-0.25, -0.2) is 0 Å². The van der Waals surface area contributed by atoms with Crippen molar-refractivity contribution in [3.8, 4) is 11.5 Å². The topological polar surface area (TPSA) is 78.7 Å². The smallest absolute Gasteiger partial charge is 0.269 e. The van der Waals surface area contributed by atoms with Crippen LogP contribution in [0.4, 0.5) is 5.69 Å². The van der Waals surface area contributed by atoms with Gasteiger partial charge in [-0.05, 0) is 29.8 Å². The molecule has 2 aromatic rings. The van der Waals surface area contributed by atoms with Crippen molar-refractivity contribution in [2.75, 3.05) is 7.11 Å². The zero-order valence-corrected chi connectivity index (χ0v) is 11.3. The van der Waals surface area contributed by atoms with E-state index in [9.17, 15) is 14.9 Å². The molecule has 108 valence electrons. The molecule has 0 heterocycles. The number of hydrogen-bond donors (Lipinski definition) is 0. The van der Waals surface area contributed by atoms with Crippen molar-refractivity contribution in [2.24, 2.45) is 0 Å². The second-order valence-corrected chi connectivity index (χ2v) is 4.23. The summed E-state index contributed by atoms with van der Waals surface area (Å²) < 4.78 is 10.6. The first-order valence-corrected chi connectivity index (χ1v) is 6.13. The minimum absolute atomic E-state index is 0.00930. The molecule has 0 N–H and O–H groups in total. The molecular formula is C15H13NO5. The van der Waals surface area contributed by atoms with E-state index in [2.05, 4.69) is 0 Å². The van der Waals surface area contributed by atoms with Gasteiger partial charge in [0.2, 0.25) is 0 Å². The van der Waals surface area contributed by atoms with E-state index in [4.69, 9.17) is 9.47 Å². The van der Waals surface area contributed by atoms with Gasteiger partial charge in [0.1, 0.15) is 18.1 Å². The average Bonchev–Trinajstić information content (AvgIpc) is 2.52. The quantitative estimate of drug-likeness (QED) is 0.463. The van der Waals surface area contributed by atoms with Crippen molar-refractivity contribution in [3.05, 3.63) is 63.7 Å². The van der Waals surface area contributed by atoms with Crippen molar-refractivity contribution in [3.63, 3.8) is 0 Å². The fraction of sp³-hybridized carbons (Fsp3) is 0.133. The van der Waals surface area contributed by atoms with Crippen LogP contribution in [0.3, 0.4) is 0 Å². The average molecular weight is 287 g/mol. The molecule has 0 fully saturated rings. The van der Waals surface area contributed by atoms with E-state index in [1.165, 1.54) is 31.4 Å². The predicted octanol–water partition coefficient (Wildman–Crippen LogP) is 2.99. The number of rotatable bonds is 6. The fourth-order valence-corrected chi connectivity index (χ4v) is 1.80. The molecule has 0 aromatic heterocycles. The molecule has 0 aliphatic heterocycles. The standard InChI is InChI=1S/C15H13NO5/c1-20-15-7-2-11(8-12(15)9-17)10-21-14-5-3-13(4-6-14)16(18)19/h2-9H,10H2,1H3. The van der Waals surface area contributed by atoms with Gasteiger partial charge < -0.3 is 9.47 Å². The first-order chi connectivity index (χ1) is 10.1. The molecule has 0 amide bonds. The van der Waals surface area contributed by atoms with Crippen LogP contribution in [-0.4, -0.2) is 18.3 Å². The van der Waals surface area contributed by atoms with Gasteiger partial charge in [-0.1, -0.05) is 6.07 Å². The van der Waals surface area contributed by atoms with Crippen LogP contribution >= 0.6 is 0 Å². The Morgan fingerprint density at radius 2 is 1.90 bits per heavy atom. The molecule has 0 saturated heterocycles. The first-order valence-electron chi connectivity index (χ1n) is 6.13.